The standard InChI is InChI=1S/C49H85N2O6P/c1-6-8-10-12-13-14-15-16-17-18-19-20-21-22-23-24-25-26-27-28-29-30-31-32-33-34-35-36-37-39-41-43-49(53)50-47(48(52)42-40-38-11-9-7-2)46-57-58(54,55)56-45-44-51(3,4)5/h8,10,13-14,16-17,19-20,22-23,25-26,28-29,31-32,47-48,52H,6-7,9,11-12,15,18,21,24,27,30,33-46H2,1-5H3,(H-,50,53,54,55)/b10-8-,14-13-,17-16-,20-19-,23-22-,26-25-,29-28-,32-31-. The number of allylic oxidation sites excluding steroid dienone is 16. The molecule has 0 aliphatic carbocycles. The SMILES string of the molecule is CC/C=C\C/C=C\C/C=C\C/C=C\C/C=C\C/C=C\C/C=C\C/C=C\CCCCCCCCC(=O)NC(COP(=O)([O-])OCC[N+](C)(C)C)C(O)CCCCCCC. The van der Waals surface area contributed by atoms with Crippen molar-refractivity contribution in [3.63, 3.8) is 0 Å². The fourth-order valence-corrected chi connectivity index (χ4v) is 6.48. The molecular formula is C49H85N2O6P. The number of aliphatic hydroxyl groups excluding tert-OH is 1. The van der Waals surface area contributed by atoms with Gasteiger partial charge >= 0.3 is 0 Å². The van der Waals surface area contributed by atoms with Crippen LogP contribution in [0.4, 0.5) is 0 Å². The van der Waals surface area contributed by atoms with Gasteiger partial charge < -0.3 is 28.8 Å². The first-order chi connectivity index (χ1) is 28.0. The van der Waals surface area contributed by atoms with E-state index in [0.29, 0.717) is 23.9 Å². The number of unbranched alkanes of at least 4 members (excludes halogenated alkanes) is 10. The van der Waals surface area contributed by atoms with E-state index in [1.807, 2.05) is 21.1 Å². The number of quaternary nitrogens is 1. The van der Waals surface area contributed by atoms with Crippen molar-refractivity contribution in [2.45, 2.75) is 167 Å². The maximum atomic E-state index is 12.8. The minimum absolute atomic E-state index is 0.00240. The monoisotopic (exact) mass is 829 g/mol. The first-order valence-electron chi connectivity index (χ1n) is 22.6. The predicted octanol–water partition coefficient (Wildman–Crippen LogP) is 12.1. The van der Waals surface area contributed by atoms with E-state index in [1.165, 1.54) is 12.8 Å². The number of amides is 1. The average molecular weight is 829 g/mol. The number of aliphatic hydroxyl groups is 1. The van der Waals surface area contributed by atoms with E-state index < -0.39 is 20.0 Å². The van der Waals surface area contributed by atoms with E-state index in [0.717, 1.165) is 116 Å². The second-order valence-corrected chi connectivity index (χ2v) is 17.4. The molecule has 0 bridgehead atoms. The van der Waals surface area contributed by atoms with Crippen molar-refractivity contribution in [3.05, 3.63) is 97.2 Å². The highest BCUT2D eigenvalue weighted by atomic mass is 31.2. The highest BCUT2D eigenvalue weighted by molar-refractivity contribution is 7.45. The number of carbonyl (C=O) groups excluding carboxylic acids is 1. The number of rotatable bonds is 39. The lowest BCUT2D eigenvalue weighted by atomic mass is 10.0. The Kier molecular flexibility index (Phi) is 38.1. The zero-order valence-corrected chi connectivity index (χ0v) is 38.3. The van der Waals surface area contributed by atoms with Crippen LogP contribution in [-0.4, -0.2) is 68.5 Å². The number of hydrogen-bond donors (Lipinski definition) is 2. The Hall–Kier alpha value is -2.58. The summed E-state index contributed by atoms with van der Waals surface area (Å²) < 4.78 is 23.0. The largest absolute Gasteiger partial charge is 0.756 e. The molecule has 332 valence electrons. The molecule has 2 N–H and O–H groups in total. The van der Waals surface area contributed by atoms with Gasteiger partial charge in [0.25, 0.3) is 7.82 Å². The van der Waals surface area contributed by atoms with E-state index in [1.54, 1.807) is 0 Å². The van der Waals surface area contributed by atoms with Gasteiger partial charge in [0.2, 0.25) is 5.91 Å². The van der Waals surface area contributed by atoms with Gasteiger partial charge in [-0.25, -0.2) is 0 Å². The molecule has 0 saturated heterocycles. The number of hydrogen-bond acceptors (Lipinski definition) is 6. The molecule has 0 aromatic heterocycles. The lowest BCUT2D eigenvalue weighted by molar-refractivity contribution is -0.870. The molecule has 1 amide bonds. The van der Waals surface area contributed by atoms with Crippen LogP contribution in [0.5, 0.6) is 0 Å². The van der Waals surface area contributed by atoms with Crippen molar-refractivity contribution in [3.8, 4) is 0 Å². The Balaban J connectivity index is 4.08. The van der Waals surface area contributed by atoms with Crippen LogP contribution < -0.4 is 10.2 Å². The Morgan fingerprint density at radius 2 is 1.05 bits per heavy atom. The summed E-state index contributed by atoms with van der Waals surface area (Å²) in [4.78, 5) is 25.1. The third kappa shape index (κ3) is 41.6. The molecule has 8 nitrogen and oxygen atoms in total. The Labute approximate surface area is 356 Å². The minimum atomic E-state index is -4.56. The molecule has 0 fully saturated rings. The predicted molar refractivity (Wildman–Crippen MR) is 246 cm³/mol. The maximum Gasteiger partial charge on any atom is 0.268 e. The summed E-state index contributed by atoms with van der Waals surface area (Å²) >= 11 is 0. The van der Waals surface area contributed by atoms with Gasteiger partial charge in [0.1, 0.15) is 13.2 Å². The van der Waals surface area contributed by atoms with E-state index in [9.17, 15) is 19.4 Å². The first kappa shape index (κ1) is 55.4. The molecule has 58 heavy (non-hydrogen) atoms. The van der Waals surface area contributed by atoms with Crippen LogP contribution in [0.1, 0.15) is 155 Å². The van der Waals surface area contributed by atoms with Gasteiger partial charge in [0.05, 0.1) is 39.9 Å². The van der Waals surface area contributed by atoms with E-state index in [-0.39, 0.29) is 19.1 Å². The van der Waals surface area contributed by atoms with Crippen molar-refractivity contribution in [2.75, 3.05) is 40.9 Å². The summed E-state index contributed by atoms with van der Waals surface area (Å²) in [6, 6.07) is -0.811. The maximum absolute atomic E-state index is 12.8. The molecule has 3 atom stereocenters. The number of nitrogens with zero attached hydrogens (tertiary/aromatic N) is 1. The van der Waals surface area contributed by atoms with Gasteiger partial charge in [-0.2, -0.15) is 0 Å². The quantitative estimate of drug-likeness (QED) is 0.0276. The van der Waals surface area contributed by atoms with E-state index in [4.69, 9.17) is 9.05 Å². The molecule has 0 saturated carbocycles. The third-order valence-electron chi connectivity index (χ3n) is 9.34. The second kappa shape index (κ2) is 39.9. The fourth-order valence-electron chi connectivity index (χ4n) is 5.76. The first-order valence-corrected chi connectivity index (χ1v) is 24.0. The highest BCUT2D eigenvalue weighted by Gasteiger charge is 2.24. The minimum Gasteiger partial charge on any atom is -0.756 e. The number of phosphoric ester groups is 1. The van der Waals surface area contributed by atoms with Crippen LogP contribution in [0.15, 0.2) is 97.2 Å². The average Bonchev–Trinajstić information content (AvgIpc) is 3.17. The number of nitrogens with one attached hydrogen (secondary N) is 1. The third-order valence-corrected chi connectivity index (χ3v) is 10.3. The zero-order valence-electron chi connectivity index (χ0n) is 37.5. The smallest absolute Gasteiger partial charge is 0.268 e. The fraction of sp³-hybridized carbons (Fsp3) is 0.653. The summed E-state index contributed by atoms with van der Waals surface area (Å²) in [5.74, 6) is -0.193. The molecule has 0 aliphatic rings. The molecule has 0 aliphatic heterocycles. The summed E-state index contributed by atoms with van der Waals surface area (Å²) in [6.07, 6.45) is 56.1. The van der Waals surface area contributed by atoms with Crippen LogP contribution in [0.3, 0.4) is 0 Å². The topological polar surface area (TPSA) is 108 Å². The van der Waals surface area contributed by atoms with Gasteiger partial charge in [-0.1, -0.05) is 169 Å². The Bertz CT molecular complexity index is 1260. The lowest BCUT2D eigenvalue weighted by Gasteiger charge is -2.30. The lowest BCUT2D eigenvalue weighted by Crippen LogP contribution is -2.46. The van der Waals surface area contributed by atoms with E-state index in [2.05, 4.69) is 116 Å². The normalized spacial score (nSPS) is 15.2. The summed E-state index contributed by atoms with van der Waals surface area (Å²) in [7, 11) is 1.27. The van der Waals surface area contributed by atoms with Gasteiger partial charge in [-0.3, -0.25) is 9.36 Å². The van der Waals surface area contributed by atoms with E-state index >= 15 is 0 Å². The van der Waals surface area contributed by atoms with Crippen molar-refractivity contribution >= 4 is 13.7 Å². The summed E-state index contributed by atoms with van der Waals surface area (Å²) in [5, 5.41) is 13.7. The van der Waals surface area contributed by atoms with Crippen LogP contribution in [0, 0.1) is 0 Å². The molecule has 0 aromatic rings. The van der Waals surface area contributed by atoms with Crippen LogP contribution >= 0.6 is 7.82 Å². The molecule has 9 heteroatoms. The number of phosphoric acid groups is 1. The number of carbonyl (C=O) groups is 1. The molecular weight excluding hydrogens is 744 g/mol. The molecule has 0 heterocycles. The van der Waals surface area contributed by atoms with Gasteiger partial charge in [0, 0.05) is 6.42 Å². The van der Waals surface area contributed by atoms with Gasteiger partial charge in [-0.05, 0) is 77.0 Å². The zero-order chi connectivity index (χ0) is 42.8. The summed E-state index contributed by atoms with van der Waals surface area (Å²) in [5.41, 5.74) is 0. The van der Waals surface area contributed by atoms with Crippen molar-refractivity contribution in [1.82, 2.24) is 5.32 Å². The molecule has 0 radical (unpaired) electrons. The molecule has 0 aromatic carbocycles. The van der Waals surface area contributed by atoms with Gasteiger partial charge in [0.15, 0.2) is 0 Å². The van der Waals surface area contributed by atoms with Crippen LogP contribution in [-0.2, 0) is 18.4 Å². The van der Waals surface area contributed by atoms with Crippen molar-refractivity contribution < 1.29 is 32.9 Å². The van der Waals surface area contributed by atoms with Crippen LogP contribution in [0.2, 0.25) is 0 Å². The second-order valence-electron chi connectivity index (χ2n) is 16.0. The molecule has 0 rings (SSSR count). The summed E-state index contributed by atoms with van der Waals surface area (Å²) in [6.45, 7) is 4.46. The van der Waals surface area contributed by atoms with Crippen molar-refractivity contribution in [2.24, 2.45) is 0 Å². The molecule has 0 spiro atoms. The Morgan fingerprint density at radius 3 is 1.53 bits per heavy atom. The van der Waals surface area contributed by atoms with Crippen LogP contribution in [0.25, 0.3) is 0 Å². The number of likely N-dealkylation sites (N-methyl/N-ethyl adjacent to an activating group) is 1. The van der Waals surface area contributed by atoms with Crippen molar-refractivity contribution in [1.29, 1.82) is 0 Å². The Morgan fingerprint density at radius 1 is 0.621 bits per heavy atom. The molecule has 3 unspecified atom stereocenters. The van der Waals surface area contributed by atoms with Gasteiger partial charge in [-0.15, -0.1) is 0 Å². The highest BCUT2D eigenvalue weighted by Crippen LogP contribution is 2.38.